The lowest BCUT2D eigenvalue weighted by Gasteiger charge is -2.14. The maximum atomic E-state index is 10.7. The summed E-state index contributed by atoms with van der Waals surface area (Å²) in [6.45, 7) is 0.101. The van der Waals surface area contributed by atoms with Gasteiger partial charge in [0.05, 0.1) is 0 Å². The van der Waals surface area contributed by atoms with E-state index in [0.717, 1.165) is 30.5 Å². The SMILES string of the molecule is O=S(=O)(O)CC[n+]1ccc(-c2ncc3c(n2)CCCC3)cn1. The predicted molar refractivity (Wildman–Crippen MR) is 78.5 cm³/mol. The van der Waals surface area contributed by atoms with Gasteiger partial charge in [-0.25, -0.2) is 9.97 Å². The summed E-state index contributed by atoms with van der Waals surface area (Å²) in [5.41, 5.74) is 3.12. The minimum atomic E-state index is -3.98. The Balaban J connectivity index is 1.78. The van der Waals surface area contributed by atoms with Crippen molar-refractivity contribution >= 4 is 10.1 Å². The molecule has 0 bridgehead atoms. The van der Waals surface area contributed by atoms with Crippen LogP contribution in [-0.2, 0) is 29.5 Å². The van der Waals surface area contributed by atoms with Crippen LogP contribution in [0.2, 0.25) is 0 Å². The van der Waals surface area contributed by atoms with Crippen LogP contribution in [-0.4, -0.2) is 33.8 Å². The van der Waals surface area contributed by atoms with Crippen LogP contribution in [0.5, 0.6) is 0 Å². The summed E-state index contributed by atoms with van der Waals surface area (Å²) in [6, 6.07) is 1.79. The zero-order valence-corrected chi connectivity index (χ0v) is 12.8. The number of nitrogens with zero attached hydrogens (tertiary/aromatic N) is 4. The molecule has 0 spiro atoms. The van der Waals surface area contributed by atoms with E-state index in [9.17, 15) is 8.42 Å². The molecule has 1 aliphatic rings. The third-order valence-electron chi connectivity index (χ3n) is 3.67. The van der Waals surface area contributed by atoms with Crippen molar-refractivity contribution in [1.29, 1.82) is 0 Å². The van der Waals surface area contributed by atoms with Crippen LogP contribution in [0.25, 0.3) is 11.4 Å². The summed E-state index contributed by atoms with van der Waals surface area (Å²) in [5.74, 6) is 0.273. The molecule has 2 aromatic heterocycles. The number of aromatic nitrogens is 4. The van der Waals surface area contributed by atoms with E-state index in [0.29, 0.717) is 5.82 Å². The maximum absolute atomic E-state index is 10.7. The molecular formula is C14H17N4O3S+. The standard InChI is InChI=1S/C14H16N4O3S/c19-22(20,21)8-7-18-6-5-12(10-16-18)14-15-9-11-3-1-2-4-13(11)17-14/h5-6,9-10H,1-4,7-8H2/p+1. The second kappa shape index (κ2) is 6.05. The number of hydrogen-bond donors (Lipinski definition) is 1. The van der Waals surface area contributed by atoms with Gasteiger partial charge in [0.25, 0.3) is 10.1 Å². The third-order valence-corrected chi connectivity index (χ3v) is 4.37. The van der Waals surface area contributed by atoms with Crippen molar-refractivity contribution < 1.29 is 17.7 Å². The van der Waals surface area contributed by atoms with E-state index in [1.807, 2.05) is 6.20 Å². The molecule has 0 fully saturated rings. The Labute approximate surface area is 128 Å². The van der Waals surface area contributed by atoms with Gasteiger partial charge in [-0.3, -0.25) is 4.55 Å². The first-order chi connectivity index (χ1) is 10.5. The fraction of sp³-hybridized carbons (Fsp3) is 0.429. The molecule has 1 aliphatic carbocycles. The molecule has 0 saturated carbocycles. The maximum Gasteiger partial charge on any atom is 0.271 e. The van der Waals surface area contributed by atoms with Gasteiger partial charge >= 0.3 is 0 Å². The summed E-state index contributed by atoms with van der Waals surface area (Å²) in [7, 11) is -3.98. The lowest BCUT2D eigenvalue weighted by molar-refractivity contribution is -0.750. The Bertz CT molecular complexity index is 775. The van der Waals surface area contributed by atoms with E-state index >= 15 is 0 Å². The van der Waals surface area contributed by atoms with E-state index in [1.165, 1.54) is 16.7 Å². The van der Waals surface area contributed by atoms with Gasteiger partial charge in [0.15, 0.2) is 18.6 Å². The minimum absolute atomic E-state index is 0.101. The average Bonchev–Trinajstić information content (AvgIpc) is 2.52. The fourth-order valence-corrected chi connectivity index (χ4v) is 2.89. The van der Waals surface area contributed by atoms with E-state index in [1.54, 1.807) is 18.5 Å². The topological polar surface area (TPSA) is 96.9 Å². The van der Waals surface area contributed by atoms with Crippen LogP contribution in [0.3, 0.4) is 0 Å². The predicted octanol–water partition coefficient (Wildman–Crippen LogP) is 0.593. The van der Waals surface area contributed by atoms with Crippen molar-refractivity contribution in [2.24, 2.45) is 0 Å². The van der Waals surface area contributed by atoms with Crippen molar-refractivity contribution in [3.05, 3.63) is 35.9 Å². The van der Waals surface area contributed by atoms with Crippen LogP contribution in [0, 0.1) is 0 Å². The molecule has 0 radical (unpaired) electrons. The smallest absolute Gasteiger partial charge is 0.271 e. The first kappa shape index (κ1) is 15.0. The summed E-state index contributed by atoms with van der Waals surface area (Å²) in [4.78, 5) is 8.98. The normalized spacial score (nSPS) is 14.6. The summed E-state index contributed by atoms with van der Waals surface area (Å²) < 4.78 is 31.6. The van der Waals surface area contributed by atoms with Gasteiger partial charge in [-0.05, 0) is 36.3 Å². The largest absolute Gasteiger partial charge is 0.285 e. The molecule has 0 aliphatic heterocycles. The molecule has 2 heterocycles. The number of fused-ring (bicyclic) bond motifs is 1. The third kappa shape index (κ3) is 3.63. The van der Waals surface area contributed by atoms with Crippen molar-refractivity contribution in [2.45, 2.75) is 32.2 Å². The highest BCUT2D eigenvalue weighted by Gasteiger charge is 2.15. The highest BCUT2D eigenvalue weighted by Crippen LogP contribution is 2.21. The molecule has 1 N–H and O–H groups in total. The van der Waals surface area contributed by atoms with Gasteiger partial charge in [0, 0.05) is 23.5 Å². The number of hydrogen-bond acceptors (Lipinski definition) is 5. The van der Waals surface area contributed by atoms with E-state index in [4.69, 9.17) is 4.55 Å². The van der Waals surface area contributed by atoms with Gasteiger partial charge in [-0.2, -0.15) is 8.42 Å². The lowest BCUT2D eigenvalue weighted by atomic mass is 9.97. The second-order valence-corrected chi connectivity index (χ2v) is 6.91. The molecule has 3 rings (SSSR count). The van der Waals surface area contributed by atoms with Gasteiger partial charge < -0.3 is 0 Å². The Hall–Kier alpha value is -1.93. The first-order valence-corrected chi connectivity index (χ1v) is 8.78. The molecule has 0 unspecified atom stereocenters. The molecule has 22 heavy (non-hydrogen) atoms. The summed E-state index contributed by atoms with van der Waals surface area (Å²) in [6.07, 6.45) is 9.52. The fourth-order valence-electron chi connectivity index (χ4n) is 2.47. The highest BCUT2D eigenvalue weighted by atomic mass is 32.2. The molecule has 2 aromatic rings. The molecular weight excluding hydrogens is 304 g/mol. The Morgan fingerprint density at radius 1 is 1.23 bits per heavy atom. The van der Waals surface area contributed by atoms with Crippen LogP contribution in [0.1, 0.15) is 24.1 Å². The monoisotopic (exact) mass is 321 g/mol. The molecule has 116 valence electrons. The van der Waals surface area contributed by atoms with Crippen molar-refractivity contribution in [2.75, 3.05) is 5.75 Å². The van der Waals surface area contributed by atoms with Crippen molar-refractivity contribution in [3.8, 4) is 11.4 Å². The second-order valence-electron chi connectivity index (χ2n) is 5.34. The average molecular weight is 321 g/mol. The highest BCUT2D eigenvalue weighted by molar-refractivity contribution is 7.85. The van der Waals surface area contributed by atoms with Crippen molar-refractivity contribution in [3.63, 3.8) is 0 Å². The van der Waals surface area contributed by atoms with Gasteiger partial charge in [0.1, 0.15) is 11.9 Å². The Kier molecular flexibility index (Phi) is 4.12. The van der Waals surface area contributed by atoms with Crippen LogP contribution < -0.4 is 4.68 Å². The number of rotatable bonds is 4. The quantitative estimate of drug-likeness (QED) is 0.654. The molecule has 0 atom stereocenters. The molecule has 7 nitrogen and oxygen atoms in total. The lowest BCUT2D eigenvalue weighted by Crippen LogP contribution is -2.40. The van der Waals surface area contributed by atoms with Gasteiger partial charge in [0.2, 0.25) is 0 Å². The van der Waals surface area contributed by atoms with Crippen LogP contribution in [0.15, 0.2) is 24.7 Å². The van der Waals surface area contributed by atoms with E-state index in [-0.39, 0.29) is 12.3 Å². The zero-order valence-electron chi connectivity index (χ0n) is 12.0. The Morgan fingerprint density at radius 3 is 2.77 bits per heavy atom. The van der Waals surface area contributed by atoms with E-state index in [2.05, 4.69) is 15.1 Å². The molecule has 0 aromatic carbocycles. The van der Waals surface area contributed by atoms with Crippen LogP contribution >= 0.6 is 0 Å². The molecule has 0 saturated heterocycles. The first-order valence-electron chi connectivity index (χ1n) is 7.17. The van der Waals surface area contributed by atoms with Gasteiger partial charge in [-0.15, -0.1) is 0 Å². The number of aryl methyl sites for hydroxylation is 3. The van der Waals surface area contributed by atoms with Crippen molar-refractivity contribution in [1.82, 2.24) is 15.1 Å². The summed E-state index contributed by atoms with van der Waals surface area (Å²) in [5, 5.41) is 4.13. The Morgan fingerprint density at radius 2 is 2.05 bits per heavy atom. The zero-order chi connectivity index (χ0) is 15.6. The summed E-state index contributed by atoms with van der Waals surface area (Å²) >= 11 is 0. The van der Waals surface area contributed by atoms with Gasteiger partial charge in [-0.1, -0.05) is 4.68 Å². The minimum Gasteiger partial charge on any atom is -0.285 e. The van der Waals surface area contributed by atoms with Crippen LogP contribution in [0.4, 0.5) is 0 Å². The molecule has 8 heteroatoms. The van der Waals surface area contributed by atoms with E-state index < -0.39 is 10.1 Å². The molecule has 0 amide bonds.